The Balaban J connectivity index is 2.07. The highest BCUT2D eigenvalue weighted by molar-refractivity contribution is 5.57. The van der Waals surface area contributed by atoms with Gasteiger partial charge in [0, 0.05) is 6.20 Å². The fourth-order valence-electron chi connectivity index (χ4n) is 2.18. The van der Waals surface area contributed by atoms with Gasteiger partial charge in [0.2, 0.25) is 0 Å². The summed E-state index contributed by atoms with van der Waals surface area (Å²) in [7, 11) is 0. The van der Waals surface area contributed by atoms with Crippen LogP contribution < -0.4 is 5.73 Å². The van der Waals surface area contributed by atoms with Crippen LogP contribution in [0.15, 0.2) is 40.9 Å². The van der Waals surface area contributed by atoms with Crippen molar-refractivity contribution in [3.63, 3.8) is 0 Å². The lowest BCUT2D eigenvalue weighted by atomic mass is 10.1. The number of nitrogens with two attached hydrogens (primary N) is 1. The van der Waals surface area contributed by atoms with Crippen LogP contribution in [-0.4, -0.2) is 20.0 Å². The Morgan fingerprint density at radius 3 is 2.57 bits per heavy atom. The Morgan fingerprint density at radius 2 is 1.95 bits per heavy atom. The molecule has 108 valence electrons. The lowest BCUT2D eigenvalue weighted by Crippen LogP contribution is -1.99. The molecule has 0 amide bonds. The number of aromatic nitrogens is 4. The van der Waals surface area contributed by atoms with E-state index in [1.54, 1.807) is 0 Å². The van der Waals surface area contributed by atoms with Gasteiger partial charge in [0.25, 0.3) is 5.89 Å². The Labute approximate surface area is 122 Å². The number of para-hydroxylation sites is 1. The Morgan fingerprint density at radius 1 is 1.19 bits per heavy atom. The first-order valence-corrected chi connectivity index (χ1v) is 6.87. The zero-order valence-corrected chi connectivity index (χ0v) is 12.0. The van der Waals surface area contributed by atoms with Crippen molar-refractivity contribution in [2.45, 2.75) is 20.3 Å². The van der Waals surface area contributed by atoms with Gasteiger partial charge in [0.05, 0.1) is 16.9 Å². The summed E-state index contributed by atoms with van der Waals surface area (Å²) in [6.07, 6.45) is 2.73. The Hall–Kier alpha value is -2.63. The van der Waals surface area contributed by atoms with Crippen LogP contribution in [0.1, 0.15) is 19.5 Å². The molecular weight excluding hydrogens is 266 g/mol. The van der Waals surface area contributed by atoms with E-state index in [4.69, 9.17) is 10.2 Å². The van der Waals surface area contributed by atoms with Crippen molar-refractivity contribution < 1.29 is 4.42 Å². The van der Waals surface area contributed by atoms with E-state index in [0.29, 0.717) is 11.8 Å². The quantitative estimate of drug-likeness (QED) is 0.796. The number of hydrogen-bond acceptors (Lipinski definition) is 5. The molecule has 2 heterocycles. The first kappa shape index (κ1) is 13.4. The standard InChI is InChI=1S/C15H17N5O/c1-10(2)8-13-12(14-17-18-15(16)21-14)9-20(19-13)11-6-4-3-5-7-11/h3-7,9-10H,8H2,1-2H3,(H2,16,18). The molecule has 3 aromatic rings. The number of rotatable bonds is 4. The molecule has 21 heavy (non-hydrogen) atoms. The van der Waals surface area contributed by atoms with Gasteiger partial charge < -0.3 is 10.2 Å². The van der Waals surface area contributed by atoms with Crippen LogP contribution in [0.4, 0.5) is 6.01 Å². The molecule has 2 N–H and O–H groups in total. The Bertz CT molecular complexity index is 730. The second kappa shape index (κ2) is 5.40. The zero-order valence-electron chi connectivity index (χ0n) is 12.0. The molecule has 2 aromatic heterocycles. The molecule has 0 aliphatic heterocycles. The maximum absolute atomic E-state index is 5.52. The van der Waals surface area contributed by atoms with E-state index in [1.165, 1.54) is 0 Å². The van der Waals surface area contributed by atoms with Crippen LogP contribution in [0.2, 0.25) is 0 Å². The van der Waals surface area contributed by atoms with Crippen LogP contribution in [-0.2, 0) is 6.42 Å². The first-order valence-electron chi connectivity index (χ1n) is 6.87. The molecule has 3 rings (SSSR count). The van der Waals surface area contributed by atoms with Crippen molar-refractivity contribution in [2.24, 2.45) is 5.92 Å². The third kappa shape index (κ3) is 2.79. The van der Waals surface area contributed by atoms with E-state index in [2.05, 4.69) is 29.1 Å². The third-order valence-corrected chi connectivity index (χ3v) is 3.08. The molecule has 0 atom stereocenters. The fraction of sp³-hybridized carbons (Fsp3) is 0.267. The van der Waals surface area contributed by atoms with Gasteiger partial charge >= 0.3 is 6.01 Å². The number of benzene rings is 1. The predicted molar refractivity (Wildman–Crippen MR) is 79.8 cm³/mol. The second-order valence-electron chi connectivity index (χ2n) is 5.31. The lowest BCUT2D eigenvalue weighted by Gasteiger charge is -2.02. The van der Waals surface area contributed by atoms with Gasteiger partial charge in [-0.1, -0.05) is 37.1 Å². The van der Waals surface area contributed by atoms with Gasteiger partial charge in [-0.2, -0.15) is 5.10 Å². The lowest BCUT2D eigenvalue weighted by molar-refractivity contribution is 0.586. The highest BCUT2D eigenvalue weighted by Crippen LogP contribution is 2.25. The molecule has 0 aliphatic rings. The van der Waals surface area contributed by atoms with Crippen LogP contribution in [0.3, 0.4) is 0 Å². The molecule has 6 heteroatoms. The fourth-order valence-corrected chi connectivity index (χ4v) is 2.18. The predicted octanol–water partition coefficient (Wildman–Crippen LogP) is 2.70. The van der Waals surface area contributed by atoms with Crippen molar-refractivity contribution >= 4 is 6.01 Å². The minimum atomic E-state index is 0.0629. The van der Waals surface area contributed by atoms with E-state index in [1.807, 2.05) is 41.2 Å². The van der Waals surface area contributed by atoms with Crippen molar-refractivity contribution in [3.05, 3.63) is 42.2 Å². The maximum atomic E-state index is 5.52. The Kier molecular flexibility index (Phi) is 3.43. The van der Waals surface area contributed by atoms with Crippen molar-refractivity contribution in [1.29, 1.82) is 0 Å². The highest BCUT2D eigenvalue weighted by atomic mass is 16.4. The van der Waals surface area contributed by atoms with Gasteiger partial charge in [-0.3, -0.25) is 0 Å². The molecule has 0 spiro atoms. The van der Waals surface area contributed by atoms with E-state index in [9.17, 15) is 0 Å². The number of anilines is 1. The molecule has 0 radical (unpaired) electrons. The van der Waals surface area contributed by atoms with Crippen LogP contribution in [0, 0.1) is 5.92 Å². The molecule has 0 bridgehead atoms. The number of hydrogen-bond donors (Lipinski definition) is 1. The van der Waals surface area contributed by atoms with E-state index < -0.39 is 0 Å². The molecule has 0 saturated carbocycles. The topological polar surface area (TPSA) is 82.8 Å². The van der Waals surface area contributed by atoms with E-state index in [0.717, 1.165) is 23.4 Å². The highest BCUT2D eigenvalue weighted by Gasteiger charge is 2.18. The average Bonchev–Trinajstić information content (AvgIpc) is 3.05. The molecule has 6 nitrogen and oxygen atoms in total. The number of nitrogen functional groups attached to an aromatic ring is 1. The molecule has 1 aromatic carbocycles. The van der Waals surface area contributed by atoms with Crippen molar-refractivity contribution in [1.82, 2.24) is 20.0 Å². The minimum absolute atomic E-state index is 0.0629. The summed E-state index contributed by atoms with van der Waals surface area (Å²) in [6, 6.07) is 9.98. The van der Waals surface area contributed by atoms with Crippen molar-refractivity contribution in [2.75, 3.05) is 5.73 Å². The van der Waals surface area contributed by atoms with Crippen LogP contribution >= 0.6 is 0 Å². The van der Waals surface area contributed by atoms with Gasteiger partial charge in [-0.15, -0.1) is 5.10 Å². The summed E-state index contributed by atoms with van der Waals surface area (Å²) in [5.41, 5.74) is 8.26. The molecule has 0 saturated heterocycles. The largest absolute Gasteiger partial charge is 0.403 e. The summed E-state index contributed by atoms with van der Waals surface area (Å²) in [5.74, 6) is 0.883. The maximum Gasteiger partial charge on any atom is 0.313 e. The van der Waals surface area contributed by atoms with Gasteiger partial charge in [-0.25, -0.2) is 4.68 Å². The second-order valence-corrected chi connectivity index (χ2v) is 5.31. The SMILES string of the molecule is CC(C)Cc1nn(-c2ccccc2)cc1-c1nnc(N)o1. The molecule has 0 aliphatic carbocycles. The van der Waals surface area contributed by atoms with Gasteiger partial charge in [0.1, 0.15) is 0 Å². The van der Waals surface area contributed by atoms with E-state index in [-0.39, 0.29) is 6.01 Å². The molecule has 0 fully saturated rings. The molecular formula is C15H17N5O. The zero-order chi connectivity index (χ0) is 14.8. The summed E-state index contributed by atoms with van der Waals surface area (Å²) in [6.45, 7) is 4.29. The van der Waals surface area contributed by atoms with Gasteiger partial charge in [0.15, 0.2) is 0 Å². The number of nitrogens with zero attached hydrogens (tertiary/aromatic N) is 4. The molecule has 0 unspecified atom stereocenters. The monoisotopic (exact) mass is 283 g/mol. The first-order chi connectivity index (χ1) is 10.1. The van der Waals surface area contributed by atoms with Crippen LogP contribution in [0.25, 0.3) is 17.1 Å². The van der Waals surface area contributed by atoms with Crippen molar-refractivity contribution in [3.8, 4) is 17.1 Å². The summed E-state index contributed by atoms with van der Waals surface area (Å²) in [5, 5.41) is 12.3. The van der Waals surface area contributed by atoms with Gasteiger partial charge in [-0.05, 0) is 24.5 Å². The average molecular weight is 283 g/mol. The van der Waals surface area contributed by atoms with Crippen LogP contribution in [0.5, 0.6) is 0 Å². The normalized spacial score (nSPS) is 11.2. The summed E-state index contributed by atoms with van der Waals surface area (Å²) in [4.78, 5) is 0. The minimum Gasteiger partial charge on any atom is -0.403 e. The third-order valence-electron chi connectivity index (χ3n) is 3.08. The summed E-state index contributed by atoms with van der Waals surface area (Å²) < 4.78 is 7.17. The smallest absolute Gasteiger partial charge is 0.313 e. The van der Waals surface area contributed by atoms with E-state index >= 15 is 0 Å². The summed E-state index contributed by atoms with van der Waals surface area (Å²) >= 11 is 0.